The molecule has 0 saturated carbocycles. The Morgan fingerprint density at radius 2 is 2.19 bits per heavy atom. The van der Waals surface area contributed by atoms with E-state index in [2.05, 4.69) is 10.3 Å². The highest BCUT2D eigenvalue weighted by Gasteiger charge is 2.53. The van der Waals surface area contributed by atoms with Gasteiger partial charge >= 0.3 is 11.7 Å². The minimum absolute atomic E-state index is 0.00522. The molecule has 0 aliphatic carbocycles. The van der Waals surface area contributed by atoms with Crippen LogP contribution in [0.1, 0.15) is 32.9 Å². The van der Waals surface area contributed by atoms with Crippen molar-refractivity contribution >= 4 is 17.7 Å². The first kappa shape index (κ1) is 21.0. The van der Waals surface area contributed by atoms with Crippen molar-refractivity contribution < 1.29 is 34.4 Å². The number of hydrogen-bond donors (Lipinski definition) is 4. The average Bonchev–Trinajstić information content (AvgIpc) is 2.82. The molecule has 11 heteroatoms. The van der Waals surface area contributed by atoms with Crippen LogP contribution in [0.15, 0.2) is 17.1 Å². The first-order chi connectivity index (χ1) is 12.7. The Morgan fingerprint density at radius 3 is 2.74 bits per heavy atom. The zero-order valence-electron chi connectivity index (χ0n) is 15.0. The van der Waals surface area contributed by atoms with Gasteiger partial charge in [-0.1, -0.05) is 0 Å². The van der Waals surface area contributed by atoms with Gasteiger partial charge in [-0.15, -0.1) is 0 Å². The van der Waals surface area contributed by atoms with Gasteiger partial charge in [0.05, 0.1) is 13.2 Å². The lowest BCUT2D eigenvalue weighted by Gasteiger charge is -2.27. The van der Waals surface area contributed by atoms with Gasteiger partial charge in [0.2, 0.25) is 5.91 Å². The standard InChI is InChI=1S/C16H23N3O8/c1-9(21)26-7-3-4-12(22)17-11-5-6-19(15(24)18-11)14-16(2,25)13(23)10(8-20)27-14/h5-6,10,13-14,20,23,25H,3-4,7-8H2,1-2H3,(H,17,18,22,24)/t10-,13-,14-,16-/m1/s1. The van der Waals surface area contributed by atoms with Crippen LogP contribution in [-0.2, 0) is 19.1 Å². The fourth-order valence-corrected chi connectivity index (χ4v) is 2.70. The molecule has 2 rings (SSSR count). The third-order valence-corrected chi connectivity index (χ3v) is 4.14. The van der Waals surface area contributed by atoms with Crippen molar-refractivity contribution in [1.82, 2.24) is 9.55 Å². The Kier molecular flexibility index (Phi) is 6.65. The van der Waals surface area contributed by atoms with Crippen LogP contribution >= 0.6 is 0 Å². The summed E-state index contributed by atoms with van der Waals surface area (Å²) in [5, 5.41) is 32.0. The maximum absolute atomic E-state index is 12.2. The molecule has 0 aromatic carbocycles. The average molecular weight is 385 g/mol. The first-order valence-electron chi connectivity index (χ1n) is 8.36. The summed E-state index contributed by atoms with van der Waals surface area (Å²) in [4.78, 5) is 38.4. The van der Waals surface area contributed by atoms with Crippen molar-refractivity contribution in [1.29, 1.82) is 0 Å². The molecule has 1 aliphatic rings. The van der Waals surface area contributed by atoms with E-state index in [1.165, 1.54) is 26.1 Å². The van der Waals surface area contributed by atoms with Crippen molar-refractivity contribution in [2.24, 2.45) is 0 Å². The minimum Gasteiger partial charge on any atom is -0.466 e. The van der Waals surface area contributed by atoms with E-state index in [1.807, 2.05) is 0 Å². The second-order valence-electron chi connectivity index (χ2n) is 6.37. The molecule has 1 aliphatic heterocycles. The summed E-state index contributed by atoms with van der Waals surface area (Å²) in [6.45, 7) is 2.13. The second kappa shape index (κ2) is 8.57. The number of esters is 1. The number of nitrogens with zero attached hydrogens (tertiary/aromatic N) is 2. The predicted octanol–water partition coefficient (Wildman–Crippen LogP) is -1.47. The molecule has 11 nitrogen and oxygen atoms in total. The van der Waals surface area contributed by atoms with Gasteiger partial charge in [-0.2, -0.15) is 4.98 Å². The highest BCUT2D eigenvalue weighted by atomic mass is 16.6. The molecule has 1 aromatic rings. The summed E-state index contributed by atoms with van der Waals surface area (Å²) in [6.07, 6.45) is -2.04. The highest BCUT2D eigenvalue weighted by molar-refractivity contribution is 5.89. The molecule has 1 amide bonds. The van der Waals surface area contributed by atoms with Crippen LogP contribution in [0.2, 0.25) is 0 Å². The van der Waals surface area contributed by atoms with E-state index in [-0.39, 0.29) is 18.8 Å². The summed E-state index contributed by atoms with van der Waals surface area (Å²) >= 11 is 0. The molecule has 27 heavy (non-hydrogen) atoms. The van der Waals surface area contributed by atoms with Crippen LogP contribution in [0.25, 0.3) is 0 Å². The van der Waals surface area contributed by atoms with Gasteiger partial charge in [0.1, 0.15) is 23.6 Å². The number of carbonyl (C=O) groups excluding carboxylic acids is 2. The third-order valence-electron chi connectivity index (χ3n) is 4.14. The number of nitrogens with one attached hydrogen (secondary N) is 1. The van der Waals surface area contributed by atoms with E-state index in [9.17, 15) is 29.7 Å². The van der Waals surface area contributed by atoms with Crippen LogP contribution in [0, 0.1) is 0 Å². The van der Waals surface area contributed by atoms with E-state index < -0.39 is 48.2 Å². The van der Waals surface area contributed by atoms with Crippen molar-refractivity contribution in [3.63, 3.8) is 0 Å². The fraction of sp³-hybridized carbons (Fsp3) is 0.625. The van der Waals surface area contributed by atoms with E-state index in [0.717, 1.165) is 4.57 Å². The van der Waals surface area contributed by atoms with E-state index in [1.54, 1.807) is 0 Å². The molecule has 0 bridgehead atoms. The largest absolute Gasteiger partial charge is 0.466 e. The molecular weight excluding hydrogens is 362 g/mol. The molecular formula is C16H23N3O8. The van der Waals surface area contributed by atoms with E-state index in [0.29, 0.717) is 6.42 Å². The molecule has 0 spiro atoms. The summed E-state index contributed by atoms with van der Waals surface area (Å²) in [7, 11) is 0. The number of carbonyl (C=O) groups is 2. The van der Waals surface area contributed by atoms with Crippen molar-refractivity contribution in [2.45, 2.75) is 50.7 Å². The third kappa shape index (κ3) is 4.89. The summed E-state index contributed by atoms with van der Waals surface area (Å²) in [6, 6.07) is 1.34. The Labute approximate surface area is 154 Å². The molecule has 2 heterocycles. The monoisotopic (exact) mass is 385 g/mol. The molecule has 0 radical (unpaired) electrons. The van der Waals surface area contributed by atoms with Gasteiger partial charge in [-0.05, 0) is 19.4 Å². The van der Waals surface area contributed by atoms with E-state index in [4.69, 9.17) is 9.47 Å². The Hall–Kier alpha value is -2.34. The first-order valence-corrected chi connectivity index (χ1v) is 8.36. The minimum atomic E-state index is -1.82. The van der Waals surface area contributed by atoms with Crippen LogP contribution < -0.4 is 11.0 Å². The number of ether oxygens (including phenoxy) is 2. The molecule has 150 valence electrons. The molecule has 1 fully saturated rings. The van der Waals surface area contributed by atoms with Crippen LogP contribution in [0.4, 0.5) is 5.82 Å². The topological polar surface area (TPSA) is 160 Å². The number of aliphatic hydroxyl groups excluding tert-OH is 2. The van der Waals surface area contributed by atoms with Gasteiger partial charge in [0.15, 0.2) is 6.23 Å². The smallest absolute Gasteiger partial charge is 0.351 e. The van der Waals surface area contributed by atoms with Crippen LogP contribution in [0.3, 0.4) is 0 Å². The van der Waals surface area contributed by atoms with Crippen LogP contribution in [-0.4, -0.2) is 67.8 Å². The summed E-state index contributed by atoms with van der Waals surface area (Å²) in [5.74, 6) is -0.837. The van der Waals surface area contributed by atoms with Gasteiger partial charge < -0.3 is 30.1 Å². The van der Waals surface area contributed by atoms with Crippen molar-refractivity contribution in [2.75, 3.05) is 18.5 Å². The lowest BCUT2D eigenvalue weighted by Crippen LogP contribution is -2.46. The highest BCUT2D eigenvalue weighted by Crippen LogP contribution is 2.37. The molecule has 4 N–H and O–H groups in total. The van der Waals surface area contributed by atoms with Crippen LogP contribution in [0.5, 0.6) is 0 Å². The Morgan fingerprint density at radius 1 is 1.48 bits per heavy atom. The number of aliphatic hydroxyl groups is 3. The number of aromatic nitrogens is 2. The second-order valence-corrected chi connectivity index (χ2v) is 6.37. The maximum atomic E-state index is 12.2. The number of amides is 1. The number of rotatable bonds is 7. The SMILES string of the molecule is CC(=O)OCCCC(=O)Nc1ccn([C@@H]2O[C@H](CO)[C@@H](O)[C@@]2(C)O)c(=O)n1. The quantitative estimate of drug-likeness (QED) is 0.324. The molecule has 0 unspecified atom stereocenters. The van der Waals surface area contributed by atoms with Gasteiger partial charge in [0.25, 0.3) is 0 Å². The molecule has 1 saturated heterocycles. The Bertz CT molecular complexity index is 747. The summed E-state index contributed by atoms with van der Waals surface area (Å²) < 4.78 is 11.0. The molecule has 1 aromatic heterocycles. The maximum Gasteiger partial charge on any atom is 0.351 e. The zero-order valence-corrected chi connectivity index (χ0v) is 15.0. The zero-order chi connectivity index (χ0) is 20.2. The molecule has 4 atom stereocenters. The predicted molar refractivity (Wildman–Crippen MR) is 90.6 cm³/mol. The number of hydrogen-bond acceptors (Lipinski definition) is 9. The summed E-state index contributed by atoms with van der Waals surface area (Å²) in [5.41, 5.74) is -2.64. The fourth-order valence-electron chi connectivity index (χ4n) is 2.70. The number of anilines is 1. The van der Waals surface area contributed by atoms with Gasteiger partial charge in [0, 0.05) is 19.5 Å². The lowest BCUT2D eigenvalue weighted by molar-refractivity contribution is -0.141. The normalized spacial score (nSPS) is 27.4. The van der Waals surface area contributed by atoms with Gasteiger partial charge in [-0.25, -0.2) is 4.79 Å². The lowest BCUT2D eigenvalue weighted by atomic mass is 9.96. The van der Waals surface area contributed by atoms with Crippen molar-refractivity contribution in [3.8, 4) is 0 Å². The van der Waals surface area contributed by atoms with E-state index >= 15 is 0 Å². The van der Waals surface area contributed by atoms with Crippen molar-refractivity contribution in [3.05, 3.63) is 22.7 Å². The van der Waals surface area contributed by atoms with Gasteiger partial charge in [-0.3, -0.25) is 14.2 Å². The Balaban J connectivity index is 2.02.